The molecule has 2 fully saturated rings. The maximum Gasteiger partial charge on any atom is 0.237 e. The SMILES string of the molecule is CC(C(=O)NCc1ccc(F)cc1)N1CCC(CN2CCCCC2=O)CC1. The zero-order chi connectivity index (χ0) is 19.2. The fraction of sp³-hybridized carbons (Fsp3) is 0.619. The fourth-order valence-corrected chi connectivity index (χ4v) is 3.99. The minimum Gasteiger partial charge on any atom is -0.351 e. The number of rotatable bonds is 6. The lowest BCUT2D eigenvalue weighted by Crippen LogP contribution is -2.49. The zero-order valence-electron chi connectivity index (χ0n) is 16.1. The third-order valence-corrected chi connectivity index (χ3v) is 5.86. The molecule has 0 saturated carbocycles. The average molecular weight is 375 g/mol. The van der Waals surface area contributed by atoms with Gasteiger partial charge in [0.1, 0.15) is 5.82 Å². The van der Waals surface area contributed by atoms with E-state index in [4.69, 9.17) is 0 Å². The van der Waals surface area contributed by atoms with E-state index >= 15 is 0 Å². The Morgan fingerprint density at radius 1 is 1.19 bits per heavy atom. The van der Waals surface area contributed by atoms with Crippen molar-refractivity contribution < 1.29 is 14.0 Å². The molecule has 1 aromatic rings. The van der Waals surface area contributed by atoms with Crippen molar-refractivity contribution in [1.29, 1.82) is 0 Å². The lowest BCUT2D eigenvalue weighted by molar-refractivity contribution is -0.134. The van der Waals surface area contributed by atoms with Crippen molar-refractivity contribution in [2.45, 2.75) is 51.6 Å². The minimum absolute atomic E-state index is 0.00369. The van der Waals surface area contributed by atoms with Gasteiger partial charge >= 0.3 is 0 Å². The van der Waals surface area contributed by atoms with E-state index in [1.54, 1.807) is 12.1 Å². The lowest BCUT2D eigenvalue weighted by Gasteiger charge is -2.38. The molecule has 0 aliphatic carbocycles. The zero-order valence-corrected chi connectivity index (χ0v) is 16.1. The van der Waals surface area contributed by atoms with Crippen LogP contribution in [0.4, 0.5) is 4.39 Å². The van der Waals surface area contributed by atoms with Crippen LogP contribution in [0.5, 0.6) is 0 Å². The van der Waals surface area contributed by atoms with Crippen LogP contribution >= 0.6 is 0 Å². The summed E-state index contributed by atoms with van der Waals surface area (Å²) >= 11 is 0. The summed E-state index contributed by atoms with van der Waals surface area (Å²) in [4.78, 5) is 28.7. The Balaban J connectivity index is 1.40. The van der Waals surface area contributed by atoms with E-state index in [-0.39, 0.29) is 17.8 Å². The maximum absolute atomic E-state index is 12.9. The number of nitrogens with one attached hydrogen (secondary N) is 1. The Morgan fingerprint density at radius 3 is 2.56 bits per heavy atom. The second-order valence-electron chi connectivity index (χ2n) is 7.80. The molecule has 5 nitrogen and oxygen atoms in total. The maximum atomic E-state index is 12.9. The van der Waals surface area contributed by atoms with Crippen LogP contribution in [0.3, 0.4) is 0 Å². The van der Waals surface area contributed by atoms with Gasteiger partial charge in [-0.25, -0.2) is 4.39 Å². The second-order valence-corrected chi connectivity index (χ2v) is 7.80. The van der Waals surface area contributed by atoms with Gasteiger partial charge < -0.3 is 10.2 Å². The van der Waals surface area contributed by atoms with E-state index in [1.807, 2.05) is 11.8 Å². The molecule has 0 aromatic heterocycles. The Kier molecular flexibility index (Phi) is 6.83. The van der Waals surface area contributed by atoms with E-state index < -0.39 is 0 Å². The Labute approximate surface area is 160 Å². The molecular weight excluding hydrogens is 345 g/mol. The molecule has 2 aliphatic heterocycles. The molecule has 2 amide bonds. The van der Waals surface area contributed by atoms with Crippen LogP contribution in [-0.2, 0) is 16.1 Å². The number of hydrogen-bond donors (Lipinski definition) is 1. The van der Waals surface area contributed by atoms with Crippen molar-refractivity contribution in [2.24, 2.45) is 5.92 Å². The first kappa shape index (κ1) is 19.8. The molecule has 6 heteroatoms. The molecule has 1 N–H and O–H groups in total. The first-order valence-corrected chi connectivity index (χ1v) is 10.1. The lowest BCUT2D eigenvalue weighted by atomic mass is 9.94. The molecule has 0 spiro atoms. The van der Waals surface area contributed by atoms with Gasteiger partial charge in [0.25, 0.3) is 0 Å². The summed E-state index contributed by atoms with van der Waals surface area (Å²) in [7, 11) is 0. The van der Waals surface area contributed by atoms with Gasteiger partial charge in [0, 0.05) is 26.1 Å². The molecule has 2 heterocycles. The number of nitrogens with zero attached hydrogens (tertiary/aromatic N) is 2. The Bertz CT molecular complexity index is 641. The minimum atomic E-state index is -0.271. The normalized spacial score (nSPS) is 20.5. The second kappa shape index (κ2) is 9.31. The van der Waals surface area contributed by atoms with Crippen LogP contribution in [0, 0.1) is 11.7 Å². The molecule has 1 unspecified atom stereocenters. The van der Waals surface area contributed by atoms with Gasteiger partial charge in [-0.05, 0) is 69.3 Å². The molecular formula is C21H30FN3O2. The molecule has 2 aliphatic rings. The van der Waals surface area contributed by atoms with Gasteiger partial charge in [0.15, 0.2) is 0 Å². The molecule has 1 aromatic carbocycles. The highest BCUT2D eigenvalue weighted by Crippen LogP contribution is 2.22. The standard InChI is InChI=1S/C21H30FN3O2/c1-16(21(27)23-14-17-5-7-19(22)8-6-17)24-12-9-18(10-13-24)15-25-11-3-2-4-20(25)26/h5-8,16,18H,2-4,9-15H2,1H3,(H,23,27). The van der Waals surface area contributed by atoms with Crippen LogP contribution in [0.1, 0.15) is 44.6 Å². The number of carbonyl (C=O) groups is 2. The molecule has 0 bridgehead atoms. The van der Waals surface area contributed by atoms with Crippen molar-refractivity contribution in [1.82, 2.24) is 15.1 Å². The third-order valence-electron chi connectivity index (χ3n) is 5.86. The topological polar surface area (TPSA) is 52.7 Å². The number of likely N-dealkylation sites (tertiary alicyclic amines) is 2. The summed E-state index contributed by atoms with van der Waals surface area (Å²) in [5.41, 5.74) is 0.891. The fourth-order valence-electron chi connectivity index (χ4n) is 3.99. The van der Waals surface area contributed by atoms with E-state index in [0.717, 1.165) is 57.4 Å². The number of carbonyl (C=O) groups excluding carboxylic acids is 2. The van der Waals surface area contributed by atoms with Crippen molar-refractivity contribution in [3.63, 3.8) is 0 Å². The van der Waals surface area contributed by atoms with Gasteiger partial charge in [-0.3, -0.25) is 14.5 Å². The molecule has 3 rings (SSSR count). The van der Waals surface area contributed by atoms with E-state index in [0.29, 0.717) is 24.8 Å². The number of amides is 2. The molecule has 1 atom stereocenters. The highest BCUT2D eigenvalue weighted by atomic mass is 19.1. The van der Waals surface area contributed by atoms with Crippen LogP contribution in [0.15, 0.2) is 24.3 Å². The van der Waals surface area contributed by atoms with Gasteiger partial charge in [0.05, 0.1) is 6.04 Å². The van der Waals surface area contributed by atoms with Gasteiger partial charge in [-0.15, -0.1) is 0 Å². The molecule has 27 heavy (non-hydrogen) atoms. The third kappa shape index (κ3) is 5.51. The average Bonchev–Trinajstić information content (AvgIpc) is 2.69. The summed E-state index contributed by atoms with van der Waals surface area (Å²) in [5, 5.41) is 2.94. The summed E-state index contributed by atoms with van der Waals surface area (Å²) < 4.78 is 12.9. The highest BCUT2D eigenvalue weighted by molar-refractivity contribution is 5.81. The van der Waals surface area contributed by atoms with E-state index in [9.17, 15) is 14.0 Å². The first-order chi connectivity index (χ1) is 13.0. The van der Waals surface area contributed by atoms with Crippen LogP contribution in [0.25, 0.3) is 0 Å². The summed E-state index contributed by atoms with van der Waals surface area (Å²) in [6, 6.07) is 6.01. The number of benzene rings is 1. The van der Waals surface area contributed by atoms with Gasteiger partial charge in [-0.1, -0.05) is 12.1 Å². The van der Waals surface area contributed by atoms with Crippen molar-refractivity contribution in [2.75, 3.05) is 26.2 Å². The number of piperidine rings is 2. The van der Waals surface area contributed by atoms with Crippen molar-refractivity contribution >= 4 is 11.8 Å². The molecule has 2 saturated heterocycles. The van der Waals surface area contributed by atoms with Crippen LogP contribution < -0.4 is 5.32 Å². The Hall–Kier alpha value is -1.95. The first-order valence-electron chi connectivity index (χ1n) is 10.1. The predicted molar refractivity (Wildman–Crippen MR) is 102 cm³/mol. The largest absolute Gasteiger partial charge is 0.351 e. The quantitative estimate of drug-likeness (QED) is 0.831. The van der Waals surface area contributed by atoms with Gasteiger partial charge in [0.2, 0.25) is 11.8 Å². The molecule has 0 radical (unpaired) electrons. The van der Waals surface area contributed by atoms with Crippen LogP contribution in [0.2, 0.25) is 0 Å². The Morgan fingerprint density at radius 2 is 1.89 bits per heavy atom. The molecule has 148 valence electrons. The van der Waals surface area contributed by atoms with Crippen LogP contribution in [-0.4, -0.2) is 53.8 Å². The van der Waals surface area contributed by atoms with E-state index in [2.05, 4.69) is 10.2 Å². The van der Waals surface area contributed by atoms with Crippen molar-refractivity contribution in [3.05, 3.63) is 35.6 Å². The van der Waals surface area contributed by atoms with Gasteiger partial charge in [-0.2, -0.15) is 0 Å². The summed E-state index contributed by atoms with van der Waals surface area (Å²) in [6.07, 6.45) is 4.90. The van der Waals surface area contributed by atoms with E-state index in [1.165, 1.54) is 12.1 Å². The summed E-state index contributed by atoms with van der Waals surface area (Å²) in [6.45, 7) is 5.90. The smallest absolute Gasteiger partial charge is 0.237 e. The summed E-state index contributed by atoms with van der Waals surface area (Å²) in [5.74, 6) is 0.576. The number of hydrogen-bond acceptors (Lipinski definition) is 3. The predicted octanol–water partition coefficient (Wildman–Crippen LogP) is 2.55. The monoisotopic (exact) mass is 375 g/mol. The number of halogens is 1. The highest BCUT2D eigenvalue weighted by Gasteiger charge is 2.28. The van der Waals surface area contributed by atoms with Crippen molar-refractivity contribution in [3.8, 4) is 0 Å².